The minimum Gasteiger partial charge on any atom is -0.356 e. The number of rotatable bonds is 3. The summed E-state index contributed by atoms with van der Waals surface area (Å²) >= 11 is 1.51. The van der Waals surface area contributed by atoms with Gasteiger partial charge in [-0.25, -0.2) is 4.98 Å². The van der Waals surface area contributed by atoms with Crippen molar-refractivity contribution in [1.29, 1.82) is 0 Å². The van der Waals surface area contributed by atoms with Crippen LogP contribution in [0.4, 0.5) is 0 Å². The van der Waals surface area contributed by atoms with Crippen LogP contribution in [0.25, 0.3) is 0 Å². The number of piperidine rings is 1. The first-order valence-corrected chi connectivity index (χ1v) is 8.55. The summed E-state index contributed by atoms with van der Waals surface area (Å²) in [4.78, 5) is 33.0. The van der Waals surface area contributed by atoms with Crippen molar-refractivity contribution in [2.24, 2.45) is 5.41 Å². The van der Waals surface area contributed by atoms with Crippen LogP contribution in [0.1, 0.15) is 34.8 Å². The Hall–Kier alpha value is -1.47. The van der Waals surface area contributed by atoms with Gasteiger partial charge in [-0.05, 0) is 33.4 Å². The molecule has 1 N–H and O–H groups in total. The Morgan fingerprint density at radius 1 is 1.50 bits per heavy atom. The molecule has 3 heterocycles. The van der Waals surface area contributed by atoms with E-state index in [1.165, 1.54) is 11.3 Å². The molecular weight excluding hydrogens is 300 g/mol. The van der Waals surface area contributed by atoms with Gasteiger partial charge in [-0.15, -0.1) is 11.3 Å². The maximum Gasteiger partial charge on any atom is 0.273 e. The van der Waals surface area contributed by atoms with Gasteiger partial charge < -0.3 is 15.1 Å². The molecule has 2 fully saturated rings. The van der Waals surface area contributed by atoms with Crippen LogP contribution in [0.15, 0.2) is 5.38 Å². The maximum atomic E-state index is 12.6. The molecule has 0 radical (unpaired) electrons. The summed E-state index contributed by atoms with van der Waals surface area (Å²) in [7, 11) is 3.96. The van der Waals surface area contributed by atoms with E-state index in [0.717, 1.165) is 37.4 Å². The average Bonchev–Trinajstić information content (AvgIpc) is 3.09. The summed E-state index contributed by atoms with van der Waals surface area (Å²) in [6, 6.07) is 0. The Balaban J connectivity index is 1.68. The van der Waals surface area contributed by atoms with E-state index in [4.69, 9.17) is 0 Å². The van der Waals surface area contributed by atoms with E-state index in [9.17, 15) is 9.59 Å². The second-order valence-corrected chi connectivity index (χ2v) is 7.42. The fourth-order valence-corrected chi connectivity index (χ4v) is 4.16. The number of carbonyl (C=O) groups excluding carboxylic acids is 2. The number of hydrogen-bond donors (Lipinski definition) is 1. The third-order valence-electron chi connectivity index (χ3n) is 4.46. The molecular formula is C15H22N4O2S. The number of nitrogens with zero attached hydrogens (tertiary/aromatic N) is 3. The molecule has 1 aromatic heterocycles. The Kier molecular flexibility index (Phi) is 4.18. The number of thiazole rings is 1. The van der Waals surface area contributed by atoms with Crippen molar-refractivity contribution >= 4 is 23.2 Å². The van der Waals surface area contributed by atoms with E-state index in [-0.39, 0.29) is 17.2 Å². The largest absolute Gasteiger partial charge is 0.356 e. The number of amides is 2. The van der Waals surface area contributed by atoms with Crippen LogP contribution in [0.5, 0.6) is 0 Å². The lowest BCUT2D eigenvalue weighted by Gasteiger charge is -2.32. The molecule has 0 bridgehead atoms. The van der Waals surface area contributed by atoms with Crippen LogP contribution < -0.4 is 5.32 Å². The highest BCUT2D eigenvalue weighted by Crippen LogP contribution is 2.37. The number of hydrogen-bond acceptors (Lipinski definition) is 5. The van der Waals surface area contributed by atoms with Crippen LogP contribution in [-0.2, 0) is 11.3 Å². The summed E-state index contributed by atoms with van der Waals surface area (Å²) in [5, 5.41) is 5.71. The minimum atomic E-state index is -0.365. The van der Waals surface area contributed by atoms with Crippen molar-refractivity contribution in [2.45, 2.75) is 25.8 Å². The third-order valence-corrected chi connectivity index (χ3v) is 5.30. The Morgan fingerprint density at radius 3 is 3.05 bits per heavy atom. The SMILES string of the molecule is CN(C)Cc1nc(C(=O)N2CC[C@@]3(CCCNC3=O)C2)cs1. The van der Waals surface area contributed by atoms with Crippen molar-refractivity contribution in [3.05, 3.63) is 16.1 Å². The zero-order valence-electron chi connectivity index (χ0n) is 13.1. The predicted octanol–water partition coefficient (Wildman–Crippen LogP) is 0.947. The summed E-state index contributed by atoms with van der Waals surface area (Å²) in [5.74, 6) is 0.0668. The van der Waals surface area contributed by atoms with Crippen molar-refractivity contribution < 1.29 is 9.59 Å². The van der Waals surface area contributed by atoms with E-state index in [1.54, 1.807) is 4.90 Å². The van der Waals surface area contributed by atoms with Crippen LogP contribution in [0.3, 0.4) is 0 Å². The zero-order chi connectivity index (χ0) is 15.7. The second kappa shape index (κ2) is 5.96. The molecule has 6 nitrogen and oxygen atoms in total. The number of likely N-dealkylation sites (tertiary alicyclic amines) is 1. The fraction of sp³-hybridized carbons (Fsp3) is 0.667. The van der Waals surface area contributed by atoms with Gasteiger partial charge in [0, 0.05) is 31.6 Å². The summed E-state index contributed by atoms with van der Waals surface area (Å²) in [5.41, 5.74) is 0.145. The van der Waals surface area contributed by atoms with Gasteiger partial charge in [0.1, 0.15) is 10.7 Å². The topological polar surface area (TPSA) is 65.5 Å². The van der Waals surface area contributed by atoms with Gasteiger partial charge in [0.25, 0.3) is 5.91 Å². The molecule has 2 amide bonds. The lowest BCUT2D eigenvalue weighted by Crippen LogP contribution is -2.47. The second-order valence-electron chi connectivity index (χ2n) is 6.48. The van der Waals surface area contributed by atoms with E-state index in [2.05, 4.69) is 10.3 Å². The molecule has 2 aliphatic heterocycles. The lowest BCUT2D eigenvalue weighted by atomic mass is 9.79. The van der Waals surface area contributed by atoms with Gasteiger partial charge in [0.15, 0.2) is 0 Å². The Morgan fingerprint density at radius 2 is 2.32 bits per heavy atom. The molecule has 0 aliphatic carbocycles. The van der Waals surface area contributed by atoms with E-state index in [0.29, 0.717) is 18.8 Å². The zero-order valence-corrected chi connectivity index (χ0v) is 13.9. The highest BCUT2D eigenvalue weighted by Gasteiger charge is 2.47. The number of nitrogens with one attached hydrogen (secondary N) is 1. The Bertz CT molecular complexity index is 586. The van der Waals surface area contributed by atoms with Crippen LogP contribution in [0.2, 0.25) is 0 Å². The smallest absolute Gasteiger partial charge is 0.273 e. The summed E-state index contributed by atoms with van der Waals surface area (Å²) in [6.45, 7) is 2.67. The molecule has 0 unspecified atom stereocenters. The fourth-order valence-electron chi connectivity index (χ4n) is 3.28. The molecule has 2 saturated heterocycles. The molecule has 1 aromatic rings. The minimum absolute atomic E-state index is 0.0449. The van der Waals surface area contributed by atoms with E-state index in [1.807, 2.05) is 24.4 Å². The standard InChI is InChI=1S/C15H22N4O2S/c1-18(2)8-12-17-11(9-22-12)13(20)19-7-5-15(10-19)4-3-6-16-14(15)21/h9H,3-8,10H2,1-2H3,(H,16,21)/t15-/m0/s1. The van der Waals surface area contributed by atoms with Crippen molar-refractivity contribution in [3.8, 4) is 0 Å². The maximum absolute atomic E-state index is 12.6. The first-order valence-electron chi connectivity index (χ1n) is 7.67. The van der Waals surface area contributed by atoms with Crippen LogP contribution in [0, 0.1) is 5.41 Å². The van der Waals surface area contributed by atoms with E-state index >= 15 is 0 Å². The molecule has 1 atom stereocenters. The van der Waals surface area contributed by atoms with Gasteiger partial charge in [-0.3, -0.25) is 9.59 Å². The van der Waals surface area contributed by atoms with Gasteiger partial charge in [-0.2, -0.15) is 0 Å². The molecule has 120 valence electrons. The first-order chi connectivity index (χ1) is 10.5. The third kappa shape index (κ3) is 2.87. The molecule has 0 aromatic carbocycles. The van der Waals surface area contributed by atoms with Gasteiger partial charge in [0.05, 0.1) is 5.41 Å². The van der Waals surface area contributed by atoms with Gasteiger partial charge >= 0.3 is 0 Å². The van der Waals surface area contributed by atoms with Crippen LogP contribution in [-0.4, -0.2) is 60.3 Å². The van der Waals surface area contributed by atoms with Gasteiger partial charge in [-0.1, -0.05) is 0 Å². The molecule has 3 rings (SSSR count). The quantitative estimate of drug-likeness (QED) is 0.900. The van der Waals surface area contributed by atoms with Gasteiger partial charge in [0.2, 0.25) is 5.91 Å². The highest BCUT2D eigenvalue weighted by atomic mass is 32.1. The summed E-state index contributed by atoms with van der Waals surface area (Å²) < 4.78 is 0. The van der Waals surface area contributed by atoms with Crippen molar-refractivity contribution in [2.75, 3.05) is 33.7 Å². The summed E-state index contributed by atoms with van der Waals surface area (Å²) in [6.07, 6.45) is 2.64. The highest BCUT2D eigenvalue weighted by molar-refractivity contribution is 7.09. The van der Waals surface area contributed by atoms with Crippen LogP contribution >= 0.6 is 11.3 Å². The molecule has 22 heavy (non-hydrogen) atoms. The molecule has 2 aliphatic rings. The first kappa shape index (κ1) is 15.4. The average molecular weight is 322 g/mol. The lowest BCUT2D eigenvalue weighted by molar-refractivity contribution is -0.132. The monoisotopic (exact) mass is 322 g/mol. The van der Waals surface area contributed by atoms with Crippen molar-refractivity contribution in [3.63, 3.8) is 0 Å². The molecule has 0 saturated carbocycles. The van der Waals surface area contributed by atoms with Crippen molar-refractivity contribution in [1.82, 2.24) is 20.1 Å². The Labute approximate surface area is 134 Å². The molecule has 7 heteroatoms. The molecule has 1 spiro atoms. The number of carbonyl (C=O) groups is 2. The number of aromatic nitrogens is 1. The van der Waals surface area contributed by atoms with E-state index < -0.39 is 0 Å². The normalized spacial score (nSPS) is 25.0. The predicted molar refractivity (Wildman–Crippen MR) is 84.7 cm³/mol.